The highest BCUT2D eigenvalue weighted by atomic mass is 16.4. The predicted molar refractivity (Wildman–Crippen MR) is 49.9 cm³/mol. The van der Waals surface area contributed by atoms with Gasteiger partial charge in [0.15, 0.2) is 0 Å². The predicted octanol–water partition coefficient (Wildman–Crippen LogP) is -0.192. The van der Waals surface area contributed by atoms with E-state index in [4.69, 9.17) is 5.11 Å². The SMILES string of the molecule is Cn1cnc([C@@H]2CNC[C@H]2C(=O)O)c1. The van der Waals surface area contributed by atoms with E-state index in [1.807, 2.05) is 17.8 Å². The minimum absolute atomic E-state index is 0.00806. The molecule has 2 heterocycles. The molecule has 0 saturated carbocycles. The van der Waals surface area contributed by atoms with Gasteiger partial charge in [-0.15, -0.1) is 0 Å². The van der Waals surface area contributed by atoms with Gasteiger partial charge in [-0.3, -0.25) is 4.79 Å². The number of hydrogen-bond acceptors (Lipinski definition) is 3. The Morgan fingerprint density at radius 1 is 1.71 bits per heavy atom. The van der Waals surface area contributed by atoms with Crippen molar-refractivity contribution in [2.75, 3.05) is 13.1 Å². The molecule has 0 aliphatic carbocycles. The molecule has 2 atom stereocenters. The van der Waals surface area contributed by atoms with Gasteiger partial charge in [0, 0.05) is 32.3 Å². The van der Waals surface area contributed by atoms with E-state index in [9.17, 15) is 4.79 Å². The van der Waals surface area contributed by atoms with Crippen molar-refractivity contribution in [2.45, 2.75) is 5.92 Å². The maximum atomic E-state index is 10.9. The fourth-order valence-corrected chi connectivity index (χ4v) is 1.87. The molecule has 5 heteroatoms. The van der Waals surface area contributed by atoms with Gasteiger partial charge in [0.05, 0.1) is 17.9 Å². The van der Waals surface area contributed by atoms with E-state index in [1.54, 1.807) is 6.33 Å². The maximum Gasteiger partial charge on any atom is 0.308 e. The van der Waals surface area contributed by atoms with Gasteiger partial charge in [-0.25, -0.2) is 4.98 Å². The Kier molecular flexibility index (Phi) is 2.25. The minimum Gasteiger partial charge on any atom is -0.481 e. The molecule has 5 nitrogen and oxygen atoms in total. The first-order valence-corrected chi connectivity index (χ1v) is 4.60. The van der Waals surface area contributed by atoms with E-state index >= 15 is 0 Å². The van der Waals surface area contributed by atoms with E-state index < -0.39 is 5.97 Å². The molecule has 76 valence electrons. The second-order valence-electron chi connectivity index (χ2n) is 3.67. The number of carbonyl (C=O) groups is 1. The number of carboxylic acid groups (broad SMARTS) is 1. The Morgan fingerprint density at radius 3 is 3.07 bits per heavy atom. The number of aromatic nitrogens is 2. The third kappa shape index (κ3) is 1.50. The topological polar surface area (TPSA) is 67.2 Å². The zero-order chi connectivity index (χ0) is 10.1. The van der Waals surface area contributed by atoms with Crippen LogP contribution in [0.25, 0.3) is 0 Å². The van der Waals surface area contributed by atoms with Crippen molar-refractivity contribution < 1.29 is 9.90 Å². The van der Waals surface area contributed by atoms with E-state index in [0.717, 1.165) is 5.69 Å². The number of rotatable bonds is 2. The standard InChI is InChI=1S/C9H13N3O2/c1-12-4-8(11-5-12)6-2-10-3-7(6)9(13)14/h4-7,10H,2-3H2,1H3,(H,13,14)/t6-,7-/m1/s1. The largest absolute Gasteiger partial charge is 0.481 e. The summed E-state index contributed by atoms with van der Waals surface area (Å²) in [6.45, 7) is 1.24. The monoisotopic (exact) mass is 195 g/mol. The smallest absolute Gasteiger partial charge is 0.308 e. The number of aryl methyl sites for hydroxylation is 1. The van der Waals surface area contributed by atoms with Crippen LogP contribution in [0.1, 0.15) is 11.6 Å². The van der Waals surface area contributed by atoms with E-state index in [0.29, 0.717) is 13.1 Å². The van der Waals surface area contributed by atoms with Crippen molar-refractivity contribution in [1.29, 1.82) is 0 Å². The molecule has 1 aromatic heterocycles. The lowest BCUT2D eigenvalue weighted by molar-refractivity contribution is -0.141. The number of nitrogens with zero attached hydrogens (tertiary/aromatic N) is 2. The first-order valence-electron chi connectivity index (χ1n) is 4.60. The quantitative estimate of drug-likeness (QED) is 0.686. The molecule has 1 aliphatic rings. The summed E-state index contributed by atoms with van der Waals surface area (Å²) < 4.78 is 1.84. The van der Waals surface area contributed by atoms with Crippen LogP contribution in [0.5, 0.6) is 0 Å². The van der Waals surface area contributed by atoms with E-state index in [-0.39, 0.29) is 11.8 Å². The normalized spacial score (nSPS) is 26.6. The van der Waals surface area contributed by atoms with Crippen molar-refractivity contribution in [2.24, 2.45) is 13.0 Å². The minimum atomic E-state index is -0.745. The van der Waals surface area contributed by atoms with Gasteiger partial charge in [0.25, 0.3) is 0 Å². The summed E-state index contributed by atoms with van der Waals surface area (Å²) in [5.41, 5.74) is 0.866. The average Bonchev–Trinajstić information content (AvgIpc) is 2.70. The summed E-state index contributed by atoms with van der Waals surface area (Å²) in [4.78, 5) is 15.1. The Morgan fingerprint density at radius 2 is 2.50 bits per heavy atom. The van der Waals surface area contributed by atoms with Gasteiger partial charge in [-0.05, 0) is 0 Å². The summed E-state index contributed by atoms with van der Waals surface area (Å²) >= 11 is 0. The third-order valence-electron chi connectivity index (χ3n) is 2.64. The highest BCUT2D eigenvalue weighted by Crippen LogP contribution is 2.26. The van der Waals surface area contributed by atoms with E-state index in [1.165, 1.54) is 0 Å². The van der Waals surface area contributed by atoms with Crippen LogP contribution in [-0.4, -0.2) is 33.7 Å². The third-order valence-corrected chi connectivity index (χ3v) is 2.64. The second kappa shape index (κ2) is 3.42. The fraction of sp³-hybridized carbons (Fsp3) is 0.556. The number of hydrogen-bond donors (Lipinski definition) is 2. The zero-order valence-electron chi connectivity index (χ0n) is 7.97. The van der Waals surface area contributed by atoms with Gasteiger partial charge < -0.3 is 15.0 Å². The van der Waals surface area contributed by atoms with Gasteiger partial charge in [-0.1, -0.05) is 0 Å². The van der Waals surface area contributed by atoms with Gasteiger partial charge in [0.1, 0.15) is 0 Å². The molecular weight excluding hydrogens is 182 g/mol. The summed E-state index contributed by atoms with van der Waals surface area (Å²) in [6.07, 6.45) is 3.58. The Hall–Kier alpha value is -1.36. The molecule has 0 spiro atoms. The second-order valence-corrected chi connectivity index (χ2v) is 3.67. The average molecular weight is 195 g/mol. The van der Waals surface area contributed by atoms with Crippen LogP contribution in [0.3, 0.4) is 0 Å². The molecule has 1 fully saturated rings. The molecule has 0 amide bonds. The molecule has 2 rings (SSSR count). The number of aliphatic carboxylic acids is 1. The van der Waals surface area contributed by atoms with Crippen molar-refractivity contribution >= 4 is 5.97 Å². The first kappa shape index (κ1) is 9.21. The summed E-state index contributed by atoms with van der Waals surface area (Å²) in [6, 6.07) is 0. The summed E-state index contributed by atoms with van der Waals surface area (Å²) in [5.74, 6) is -1.08. The maximum absolute atomic E-state index is 10.9. The van der Waals surface area contributed by atoms with Crippen LogP contribution < -0.4 is 5.32 Å². The van der Waals surface area contributed by atoms with Crippen LogP contribution >= 0.6 is 0 Å². The molecule has 0 aromatic carbocycles. The lowest BCUT2D eigenvalue weighted by Gasteiger charge is -2.11. The molecule has 1 aromatic rings. The molecule has 0 unspecified atom stereocenters. The summed E-state index contributed by atoms with van der Waals surface area (Å²) in [5, 5.41) is 12.1. The van der Waals surface area contributed by atoms with Crippen molar-refractivity contribution in [3.63, 3.8) is 0 Å². The van der Waals surface area contributed by atoms with Crippen LogP contribution in [0.15, 0.2) is 12.5 Å². The lowest BCUT2D eigenvalue weighted by atomic mass is 9.94. The molecule has 14 heavy (non-hydrogen) atoms. The van der Waals surface area contributed by atoms with Gasteiger partial charge in [0.2, 0.25) is 0 Å². The molecule has 2 N–H and O–H groups in total. The van der Waals surface area contributed by atoms with Crippen molar-refractivity contribution in [3.8, 4) is 0 Å². The Labute approximate surface area is 81.8 Å². The van der Waals surface area contributed by atoms with Crippen LogP contribution in [0.4, 0.5) is 0 Å². The molecule has 0 radical (unpaired) electrons. The van der Waals surface area contributed by atoms with E-state index in [2.05, 4.69) is 10.3 Å². The van der Waals surface area contributed by atoms with Gasteiger partial charge in [-0.2, -0.15) is 0 Å². The van der Waals surface area contributed by atoms with Crippen molar-refractivity contribution in [1.82, 2.24) is 14.9 Å². The lowest BCUT2D eigenvalue weighted by Crippen LogP contribution is -2.21. The molecule has 0 bridgehead atoms. The Bertz CT molecular complexity index is 348. The van der Waals surface area contributed by atoms with Gasteiger partial charge >= 0.3 is 5.97 Å². The van der Waals surface area contributed by atoms with Crippen molar-refractivity contribution in [3.05, 3.63) is 18.2 Å². The number of carboxylic acids is 1. The fourth-order valence-electron chi connectivity index (χ4n) is 1.87. The van der Waals surface area contributed by atoms with Crippen LogP contribution in [0, 0.1) is 5.92 Å². The number of nitrogens with one attached hydrogen (secondary N) is 1. The van der Waals surface area contributed by atoms with Crippen LogP contribution in [0.2, 0.25) is 0 Å². The Balaban J connectivity index is 2.21. The zero-order valence-corrected chi connectivity index (χ0v) is 7.97. The number of imidazole rings is 1. The molecular formula is C9H13N3O2. The highest BCUT2D eigenvalue weighted by Gasteiger charge is 2.35. The molecule has 1 saturated heterocycles. The van der Waals surface area contributed by atoms with Crippen LogP contribution in [-0.2, 0) is 11.8 Å². The highest BCUT2D eigenvalue weighted by molar-refractivity contribution is 5.72. The summed E-state index contributed by atoms with van der Waals surface area (Å²) in [7, 11) is 1.88. The molecule has 1 aliphatic heterocycles. The first-order chi connectivity index (χ1) is 6.68.